The van der Waals surface area contributed by atoms with Crippen LogP contribution in [0.25, 0.3) is 0 Å². The molecule has 0 aromatic heterocycles. The zero-order valence-corrected chi connectivity index (χ0v) is 43.3. The highest BCUT2D eigenvalue weighted by molar-refractivity contribution is 5.71. The van der Waals surface area contributed by atoms with Crippen LogP contribution in [0.15, 0.2) is 48.6 Å². The van der Waals surface area contributed by atoms with Gasteiger partial charge < -0.3 is 14.2 Å². The Bertz CT molecular complexity index is 1140. The molecule has 0 rings (SSSR count). The lowest BCUT2D eigenvalue weighted by Crippen LogP contribution is -2.30. The van der Waals surface area contributed by atoms with E-state index in [9.17, 15) is 14.4 Å². The molecule has 0 aromatic rings. The van der Waals surface area contributed by atoms with Crippen LogP contribution in [-0.2, 0) is 28.6 Å². The van der Waals surface area contributed by atoms with E-state index in [1.165, 1.54) is 167 Å². The Morgan fingerprint density at radius 3 is 0.892 bits per heavy atom. The molecule has 0 saturated carbocycles. The van der Waals surface area contributed by atoms with Crippen LogP contribution in [0.2, 0.25) is 0 Å². The molecule has 0 spiro atoms. The third-order valence-corrected chi connectivity index (χ3v) is 12.3. The van der Waals surface area contributed by atoms with Crippen molar-refractivity contribution in [2.24, 2.45) is 0 Å². The van der Waals surface area contributed by atoms with Gasteiger partial charge in [-0.1, -0.05) is 256 Å². The molecule has 0 aliphatic carbocycles. The Kier molecular flexibility index (Phi) is 51.8. The SMILES string of the molecule is CCCCC/C=C\C/C=C\C/C=C\C/C=C\CCCCCC(=O)OC[C@@H](COC(=O)CCCCCCCCCCCCCCCC)OC(=O)CCCCCCCCCCCCCCCC. The fraction of sp³-hybridized carbons (Fsp3) is 0.814. The highest BCUT2D eigenvalue weighted by Crippen LogP contribution is 2.16. The molecular weight excluding hydrogens is 805 g/mol. The Morgan fingerprint density at radius 2 is 0.554 bits per heavy atom. The Morgan fingerprint density at radius 1 is 0.308 bits per heavy atom. The summed E-state index contributed by atoms with van der Waals surface area (Å²) in [5.41, 5.74) is 0. The lowest BCUT2D eigenvalue weighted by molar-refractivity contribution is -0.167. The molecule has 0 radical (unpaired) electrons. The molecular formula is C59H106O6. The maximum Gasteiger partial charge on any atom is 0.306 e. The number of unbranched alkanes of at least 4 members (excludes halogenated alkanes) is 32. The summed E-state index contributed by atoms with van der Waals surface area (Å²) in [6, 6.07) is 0. The standard InChI is InChI=1S/C59H106O6/c1-4-7-10-13-16-19-22-25-28-29-30-31-32-35-37-40-43-46-49-52-58(61)64-55-56(65-59(62)53-50-47-44-41-38-34-27-24-21-18-15-12-9-6-3)54-63-57(60)51-48-45-42-39-36-33-26-23-20-17-14-11-8-5-2/h16,19,25,28,30-31,35,37,56H,4-15,17-18,20-24,26-27,29,32-34,36,38-55H2,1-3H3/b19-16-,28-25-,31-30-,37-35-/t56-/m1/s1. The van der Waals surface area contributed by atoms with Gasteiger partial charge in [-0.3, -0.25) is 14.4 Å². The van der Waals surface area contributed by atoms with E-state index in [1.807, 2.05) is 0 Å². The smallest absolute Gasteiger partial charge is 0.306 e. The summed E-state index contributed by atoms with van der Waals surface area (Å²) in [5, 5.41) is 0. The number of allylic oxidation sites excluding steroid dienone is 8. The number of hydrogen-bond donors (Lipinski definition) is 0. The monoisotopic (exact) mass is 911 g/mol. The maximum absolute atomic E-state index is 12.8. The van der Waals surface area contributed by atoms with E-state index in [2.05, 4.69) is 69.4 Å². The number of carbonyl (C=O) groups excluding carboxylic acids is 3. The van der Waals surface area contributed by atoms with Gasteiger partial charge in [-0.05, 0) is 64.2 Å². The van der Waals surface area contributed by atoms with Crippen molar-refractivity contribution in [3.05, 3.63) is 48.6 Å². The average molecular weight is 911 g/mol. The molecule has 0 heterocycles. The molecule has 0 amide bonds. The fourth-order valence-corrected chi connectivity index (χ4v) is 8.07. The van der Waals surface area contributed by atoms with Crippen LogP contribution >= 0.6 is 0 Å². The summed E-state index contributed by atoms with van der Waals surface area (Å²) >= 11 is 0. The zero-order valence-electron chi connectivity index (χ0n) is 43.3. The third kappa shape index (κ3) is 52.2. The van der Waals surface area contributed by atoms with Crippen molar-refractivity contribution < 1.29 is 28.6 Å². The van der Waals surface area contributed by atoms with E-state index in [0.29, 0.717) is 19.3 Å². The second-order valence-corrected chi connectivity index (χ2v) is 18.9. The zero-order chi connectivity index (χ0) is 47.2. The molecule has 0 fully saturated rings. The summed E-state index contributed by atoms with van der Waals surface area (Å²) < 4.78 is 16.8. The van der Waals surface area contributed by atoms with Gasteiger partial charge >= 0.3 is 17.9 Å². The Hall–Kier alpha value is -2.63. The molecule has 378 valence electrons. The minimum atomic E-state index is -0.782. The minimum absolute atomic E-state index is 0.0791. The maximum atomic E-state index is 12.8. The molecule has 0 N–H and O–H groups in total. The first-order valence-corrected chi connectivity index (χ1v) is 28.1. The fourth-order valence-electron chi connectivity index (χ4n) is 8.07. The molecule has 0 bridgehead atoms. The van der Waals surface area contributed by atoms with E-state index >= 15 is 0 Å². The Labute approximate surface area is 403 Å². The summed E-state index contributed by atoms with van der Waals surface area (Å²) in [6.07, 6.45) is 65.2. The summed E-state index contributed by atoms with van der Waals surface area (Å²) in [6.45, 7) is 6.61. The molecule has 6 nitrogen and oxygen atoms in total. The predicted octanol–water partition coefficient (Wildman–Crippen LogP) is 18.7. The van der Waals surface area contributed by atoms with Crippen molar-refractivity contribution in [2.45, 2.75) is 297 Å². The van der Waals surface area contributed by atoms with Crippen LogP contribution in [0.3, 0.4) is 0 Å². The van der Waals surface area contributed by atoms with Crippen LogP contribution in [0.5, 0.6) is 0 Å². The van der Waals surface area contributed by atoms with Crippen LogP contribution in [0.4, 0.5) is 0 Å². The number of carbonyl (C=O) groups is 3. The topological polar surface area (TPSA) is 78.9 Å². The van der Waals surface area contributed by atoms with Crippen molar-refractivity contribution in [3.63, 3.8) is 0 Å². The van der Waals surface area contributed by atoms with E-state index in [-0.39, 0.29) is 31.1 Å². The van der Waals surface area contributed by atoms with Crippen molar-refractivity contribution >= 4 is 17.9 Å². The van der Waals surface area contributed by atoms with E-state index in [0.717, 1.165) is 83.5 Å². The summed E-state index contributed by atoms with van der Waals surface area (Å²) in [5.74, 6) is -0.896. The van der Waals surface area contributed by atoms with Gasteiger partial charge in [0.1, 0.15) is 13.2 Å². The first-order valence-electron chi connectivity index (χ1n) is 28.1. The van der Waals surface area contributed by atoms with Gasteiger partial charge in [-0.25, -0.2) is 0 Å². The summed E-state index contributed by atoms with van der Waals surface area (Å²) in [4.78, 5) is 38.1. The molecule has 6 heteroatoms. The number of hydrogen-bond acceptors (Lipinski definition) is 6. The van der Waals surface area contributed by atoms with Gasteiger partial charge in [0.15, 0.2) is 6.10 Å². The average Bonchev–Trinajstić information content (AvgIpc) is 3.30. The largest absolute Gasteiger partial charge is 0.462 e. The highest BCUT2D eigenvalue weighted by Gasteiger charge is 2.19. The van der Waals surface area contributed by atoms with Crippen molar-refractivity contribution in [1.82, 2.24) is 0 Å². The molecule has 0 aromatic carbocycles. The quantitative estimate of drug-likeness (QED) is 0.0262. The lowest BCUT2D eigenvalue weighted by atomic mass is 10.0. The van der Waals surface area contributed by atoms with E-state index in [4.69, 9.17) is 14.2 Å². The number of ether oxygens (including phenoxy) is 3. The number of rotatable bonds is 51. The minimum Gasteiger partial charge on any atom is -0.462 e. The first-order chi connectivity index (χ1) is 32.0. The van der Waals surface area contributed by atoms with E-state index < -0.39 is 6.10 Å². The van der Waals surface area contributed by atoms with Gasteiger partial charge in [-0.15, -0.1) is 0 Å². The van der Waals surface area contributed by atoms with E-state index in [1.54, 1.807) is 0 Å². The van der Waals surface area contributed by atoms with Crippen LogP contribution in [0.1, 0.15) is 290 Å². The molecule has 0 saturated heterocycles. The summed E-state index contributed by atoms with van der Waals surface area (Å²) in [7, 11) is 0. The normalized spacial score (nSPS) is 12.4. The molecule has 0 aliphatic rings. The van der Waals surface area contributed by atoms with Gasteiger partial charge in [0.2, 0.25) is 0 Å². The van der Waals surface area contributed by atoms with Gasteiger partial charge in [-0.2, -0.15) is 0 Å². The molecule has 0 unspecified atom stereocenters. The van der Waals surface area contributed by atoms with Crippen molar-refractivity contribution in [2.75, 3.05) is 13.2 Å². The van der Waals surface area contributed by atoms with Gasteiger partial charge in [0.05, 0.1) is 0 Å². The van der Waals surface area contributed by atoms with Crippen molar-refractivity contribution in [1.29, 1.82) is 0 Å². The highest BCUT2D eigenvalue weighted by atomic mass is 16.6. The third-order valence-electron chi connectivity index (χ3n) is 12.3. The second-order valence-electron chi connectivity index (χ2n) is 18.9. The molecule has 65 heavy (non-hydrogen) atoms. The molecule has 1 atom stereocenters. The van der Waals surface area contributed by atoms with Gasteiger partial charge in [0.25, 0.3) is 0 Å². The lowest BCUT2D eigenvalue weighted by Gasteiger charge is -2.18. The van der Waals surface area contributed by atoms with Crippen LogP contribution < -0.4 is 0 Å². The second kappa shape index (κ2) is 54.0. The van der Waals surface area contributed by atoms with Crippen LogP contribution in [0, 0.1) is 0 Å². The van der Waals surface area contributed by atoms with Gasteiger partial charge in [0, 0.05) is 19.3 Å². The van der Waals surface area contributed by atoms with Crippen LogP contribution in [-0.4, -0.2) is 37.2 Å². The number of esters is 3. The molecule has 0 aliphatic heterocycles. The Balaban J connectivity index is 4.40. The van der Waals surface area contributed by atoms with Crippen molar-refractivity contribution in [3.8, 4) is 0 Å². The first kappa shape index (κ1) is 62.4. The predicted molar refractivity (Wildman–Crippen MR) is 279 cm³/mol.